The van der Waals surface area contributed by atoms with Gasteiger partial charge in [-0.1, -0.05) is 0 Å². The van der Waals surface area contributed by atoms with Crippen molar-refractivity contribution >= 4 is 23.1 Å². The van der Waals surface area contributed by atoms with Crippen molar-refractivity contribution in [3.63, 3.8) is 0 Å². The lowest BCUT2D eigenvalue weighted by molar-refractivity contribution is -0.108. The summed E-state index contributed by atoms with van der Waals surface area (Å²) in [7, 11) is -1.47. The number of nitrogens with two attached hydrogens (primary N) is 1. The van der Waals surface area contributed by atoms with E-state index in [0.717, 1.165) is 0 Å². The van der Waals surface area contributed by atoms with E-state index >= 15 is 0 Å². The Balaban J connectivity index is 2.82. The lowest BCUT2D eigenvalue weighted by atomic mass is 10.3. The summed E-state index contributed by atoms with van der Waals surface area (Å²) in [6.45, 7) is 0. The normalized spacial score (nSPS) is 12.0. The molecule has 1 aromatic carbocycles. The summed E-state index contributed by atoms with van der Waals surface area (Å²) in [5.74, 6) is 0. The van der Waals surface area contributed by atoms with Gasteiger partial charge in [0.25, 0.3) is 0 Å². The molecule has 1 unspecified atom stereocenters. The third kappa shape index (κ3) is 2.06. The molecule has 1 aromatic rings. The SMILES string of the molecule is Nc1ccc(S(=O)NC=O)cc1. The van der Waals surface area contributed by atoms with Gasteiger partial charge in [-0.15, -0.1) is 0 Å². The molecule has 0 aliphatic rings. The van der Waals surface area contributed by atoms with Crippen LogP contribution in [-0.4, -0.2) is 10.6 Å². The molecule has 64 valence electrons. The van der Waals surface area contributed by atoms with E-state index in [9.17, 15) is 9.00 Å². The first-order chi connectivity index (χ1) is 5.74. The predicted octanol–water partition coefficient (Wildman–Crippen LogP) is 0.0374. The molecule has 0 radical (unpaired) electrons. The summed E-state index contributed by atoms with van der Waals surface area (Å²) in [6.07, 6.45) is 0.395. The first-order valence-electron chi connectivity index (χ1n) is 3.21. The maximum Gasteiger partial charge on any atom is 0.219 e. The number of hydrogen-bond donors (Lipinski definition) is 2. The van der Waals surface area contributed by atoms with Gasteiger partial charge in [0.05, 0.1) is 4.90 Å². The molecule has 0 fully saturated rings. The molecule has 1 atom stereocenters. The minimum absolute atomic E-state index is 0.395. The van der Waals surface area contributed by atoms with E-state index in [4.69, 9.17) is 5.73 Å². The van der Waals surface area contributed by atoms with Crippen LogP contribution in [0.1, 0.15) is 0 Å². The van der Waals surface area contributed by atoms with Gasteiger partial charge >= 0.3 is 0 Å². The van der Waals surface area contributed by atoms with Crippen LogP contribution in [0.5, 0.6) is 0 Å². The molecule has 5 heteroatoms. The highest BCUT2D eigenvalue weighted by molar-refractivity contribution is 7.83. The van der Waals surface area contributed by atoms with Crippen LogP contribution in [0, 0.1) is 0 Å². The number of nitrogen functional groups attached to an aromatic ring is 1. The van der Waals surface area contributed by atoms with Gasteiger partial charge in [0.2, 0.25) is 6.41 Å². The van der Waals surface area contributed by atoms with Crippen molar-refractivity contribution in [1.82, 2.24) is 4.72 Å². The molecule has 0 heterocycles. The largest absolute Gasteiger partial charge is 0.399 e. The summed E-state index contributed by atoms with van der Waals surface area (Å²) < 4.78 is 13.2. The van der Waals surface area contributed by atoms with Crippen molar-refractivity contribution in [2.24, 2.45) is 0 Å². The average Bonchev–Trinajstić information content (AvgIpc) is 2.06. The molecule has 1 rings (SSSR count). The molecular formula is C7H8N2O2S. The minimum Gasteiger partial charge on any atom is -0.399 e. The van der Waals surface area contributed by atoms with E-state index in [-0.39, 0.29) is 0 Å². The van der Waals surface area contributed by atoms with Crippen LogP contribution in [0.3, 0.4) is 0 Å². The Labute approximate surface area is 72.4 Å². The Morgan fingerprint density at radius 2 is 1.92 bits per heavy atom. The summed E-state index contributed by atoms with van der Waals surface area (Å²) in [4.78, 5) is 10.5. The van der Waals surface area contributed by atoms with Crippen LogP contribution in [0.25, 0.3) is 0 Å². The van der Waals surface area contributed by atoms with Crippen LogP contribution in [0.4, 0.5) is 5.69 Å². The quantitative estimate of drug-likeness (QED) is 0.514. The minimum atomic E-state index is -1.47. The fourth-order valence-electron chi connectivity index (χ4n) is 0.703. The summed E-state index contributed by atoms with van der Waals surface area (Å²) in [5, 5.41) is 0. The number of carbonyl (C=O) groups excluding carboxylic acids is 1. The Morgan fingerprint density at radius 1 is 1.33 bits per heavy atom. The van der Waals surface area contributed by atoms with Crippen LogP contribution >= 0.6 is 0 Å². The molecule has 0 aliphatic carbocycles. The third-order valence-corrected chi connectivity index (χ3v) is 2.26. The van der Waals surface area contributed by atoms with E-state index in [2.05, 4.69) is 4.72 Å². The van der Waals surface area contributed by atoms with Gasteiger partial charge in [-0.05, 0) is 24.3 Å². The molecular weight excluding hydrogens is 176 g/mol. The molecule has 4 nitrogen and oxygen atoms in total. The Bertz CT molecular complexity index is 297. The molecule has 0 aromatic heterocycles. The number of anilines is 1. The zero-order valence-electron chi connectivity index (χ0n) is 6.19. The van der Waals surface area contributed by atoms with Crippen LogP contribution in [-0.2, 0) is 15.8 Å². The standard InChI is InChI=1S/C7H8N2O2S/c8-6-1-3-7(4-2-6)12(11)9-5-10/h1-5H,8H2,(H,9,10). The van der Waals surface area contributed by atoms with Crippen LogP contribution < -0.4 is 10.5 Å². The number of benzene rings is 1. The van der Waals surface area contributed by atoms with Gasteiger partial charge in [-0.25, -0.2) is 4.21 Å². The first-order valence-corrected chi connectivity index (χ1v) is 4.36. The third-order valence-electron chi connectivity index (χ3n) is 1.25. The molecule has 1 amide bonds. The highest BCUT2D eigenvalue weighted by atomic mass is 32.2. The highest BCUT2D eigenvalue weighted by Crippen LogP contribution is 2.07. The van der Waals surface area contributed by atoms with E-state index < -0.39 is 11.0 Å². The highest BCUT2D eigenvalue weighted by Gasteiger charge is 1.99. The zero-order chi connectivity index (χ0) is 8.97. The maximum absolute atomic E-state index is 11.1. The number of amides is 1. The van der Waals surface area contributed by atoms with Crippen molar-refractivity contribution < 1.29 is 9.00 Å². The number of carbonyl (C=O) groups is 1. The van der Waals surface area contributed by atoms with Gasteiger partial charge in [-0.2, -0.15) is 0 Å². The van der Waals surface area contributed by atoms with E-state index in [1.807, 2.05) is 0 Å². The Kier molecular flexibility index (Phi) is 2.82. The lowest BCUT2D eigenvalue weighted by Crippen LogP contribution is -2.14. The molecule has 0 aliphatic heterocycles. The van der Waals surface area contributed by atoms with Gasteiger partial charge < -0.3 is 5.73 Å². The van der Waals surface area contributed by atoms with E-state index in [1.165, 1.54) is 0 Å². The Morgan fingerprint density at radius 3 is 2.42 bits per heavy atom. The fraction of sp³-hybridized carbons (Fsp3) is 0. The molecule has 0 saturated heterocycles. The van der Waals surface area contributed by atoms with Crippen molar-refractivity contribution in [2.45, 2.75) is 4.90 Å². The smallest absolute Gasteiger partial charge is 0.219 e. The van der Waals surface area contributed by atoms with E-state index in [0.29, 0.717) is 17.0 Å². The van der Waals surface area contributed by atoms with Gasteiger partial charge in [0, 0.05) is 5.69 Å². The molecule has 3 N–H and O–H groups in total. The Hall–Kier alpha value is -1.36. The molecule has 12 heavy (non-hydrogen) atoms. The lowest BCUT2D eigenvalue weighted by Gasteiger charge is -1.98. The zero-order valence-corrected chi connectivity index (χ0v) is 7.01. The summed E-state index contributed by atoms with van der Waals surface area (Å²) in [6, 6.07) is 6.45. The molecule has 0 spiro atoms. The first kappa shape index (κ1) is 8.73. The second-order valence-electron chi connectivity index (χ2n) is 2.07. The number of nitrogens with one attached hydrogen (secondary N) is 1. The summed E-state index contributed by atoms with van der Waals surface area (Å²) >= 11 is 0. The van der Waals surface area contributed by atoms with Crippen LogP contribution in [0.2, 0.25) is 0 Å². The van der Waals surface area contributed by atoms with Crippen LogP contribution in [0.15, 0.2) is 29.2 Å². The van der Waals surface area contributed by atoms with Crippen molar-refractivity contribution in [2.75, 3.05) is 5.73 Å². The van der Waals surface area contributed by atoms with Gasteiger partial charge in [-0.3, -0.25) is 9.52 Å². The number of hydrogen-bond acceptors (Lipinski definition) is 3. The molecule has 0 bridgehead atoms. The van der Waals surface area contributed by atoms with Gasteiger partial charge in [0.1, 0.15) is 0 Å². The monoisotopic (exact) mass is 184 g/mol. The van der Waals surface area contributed by atoms with E-state index in [1.54, 1.807) is 24.3 Å². The molecule has 0 saturated carbocycles. The predicted molar refractivity (Wildman–Crippen MR) is 46.5 cm³/mol. The second-order valence-corrected chi connectivity index (χ2v) is 3.32. The topological polar surface area (TPSA) is 72.2 Å². The average molecular weight is 184 g/mol. The van der Waals surface area contributed by atoms with Crippen molar-refractivity contribution in [3.8, 4) is 0 Å². The second kappa shape index (κ2) is 3.87. The number of rotatable bonds is 3. The maximum atomic E-state index is 11.1. The summed E-state index contributed by atoms with van der Waals surface area (Å²) in [5.41, 5.74) is 6.01. The fourth-order valence-corrected chi connectivity index (χ4v) is 1.31. The van der Waals surface area contributed by atoms with Crippen molar-refractivity contribution in [3.05, 3.63) is 24.3 Å². The van der Waals surface area contributed by atoms with Gasteiger partial charge in [0.15, 0.2) is 11.0 Å². The van der Waals surface area contributed by atoms with Crippen molar-refractivity contribution in [1.29, 1.82) is 0 Å².